The van der Waals surface area contributed by atoms with Crippen LogP contribution >= 0.6 is 24.8 Å². The van der Waals surface area contributed by atoms with Gasteiger partial charge in [-0.15, -0.1) is 24.8 Å². The smallest absolute Gasteiger partial charge is 0.343 e. The lowest BCUT2D eigenvalue weighted by atomic mass is 10.0. The number of hydrogen-bond acceptors (Lipinski definition) is 7. The quantitative estimate of drug-likeness (QED) is 0.481. The first-order chi connectivity index (χ1) is 13.6. The van der Waals surface area contributed by atoms with Crippen LogP contribution in [0.4, 0.5) is 0 Å². The highest BCUT2D eigenvalue weighted by Crippen LogP contribution is 2.17. The lowest BCUT2D eigenvalue weighted by molar-refractivity contribution is -0.143. The van der Waals surface area contributed by atoms with E-state index in [-0.39, 0.29) is 49.7 Å². The van der Waals surface area contributed by atoms with Crippen LogP contribution in [0.25, 0.3) is 0 Å². The van der Waals surface area contributed by atoms with Gasteiger partial charge < -0.3 is 19.7 Å². The lowest BCUT2D eigenvalue weighted by Crippen LogP contribution is -2.56. The van der Waals surface area contributed by atoms with Crippen LogP contribution in [-0.2, 0) is 14.3 Å². The molecular formula is C20H29Cl2N3O5. The second-order valence-corrected chi connectivity index (χ2v) is 7.08. The highest BCUT2D eigenvalue weighted by molar-refractivity contribution is 5.99. The Kier molecular flexibility index (Phi) is 11.1. The summed E-state index contributed by atoms with van der Waals surface area (Å²) < 4.78 is 9.78. The summed E-state index contributed by atoms with van der Waals surface area (Å²) in [6, 6.07) is 7.01. The normalized spacial score (nSPS) is 17.5. The molecule has 168 valence electrons. The molecule has 2 fully saturated rings. The van der Waals surface area contributed by atoms with Crippen molar-refractivity contribution < 1.29 is 23.9 Å². The van der Waals surface area contributed by atoms with Crippen molar-refractivity contribution >= 4 is 42.5 Å². The van der Waals surface area contributed by atoms with Gasteiger partial charge in [0.15, 0.2) is 12.4 Å². The minimum atomic E-state index is -0.470. The molecule has 1 aromatic rings. The van der Waals surface area contributed by atoms with Crippen LogP contribution in [-0.4, -0.2) is 86.5 Å². The Morgan fingerprint density at radius 2 is 1.77 bits per heavy atom. The zero-order valence-electron chi connectivity index (χ0n) is 17.0. The van der Waals surface area contributed by atoms with Crippen molar-refractivity contribution in [3.05, 3.63) is 29.8 Å². The van der Waals surface area contributed by atoms with Crippen LogP contribution in [0.2, 0.25) is 0 Å². The summed E-state index contributed by atoms with van der Waals surface area (Å²) in [5.41, 5.74) is 0.513. The van der Waals surface area contributed by atoms with Gasteiger partial charge in [0, 0.05) is 24.7 Å². The molecule has 30 heavy (non-hydrogen) atoms. The summed E-state index contributed by atoms with van der Waals surface area (Å²) in [7, 11) is 1.29. The maximum atomic E-state index is 12.5. The fraction of sp³-hybridized carbons (Fsp3) is 0.550. The van der Waals surface area contributed by atoms with E-state index >= 15 is 0 Å². The number of amides is 1. The number of carbonyl (C=O) groups excluding carboxylic acids is 3. The second-order valence-electron chi connectivity index (χ2n) is 7.08. The maximum Gasteiger partial charge on any atom is 0.343 e. The number of nitrogens with zero attached hydrogens (tertiary/aromatic N) is 2. The van der Waals surface area contributed by atoms with Crippen molar-refractivity contribution in [3.63, 3.8) is 0 Å². The van der Waals surface area contributed by atoms with Crippen molar-refractivity contribution in [2.45, 2.75) is 18.9 Å². The van der Waals surface area contributed by atoms with Gasteiger partial charge in [0.25, 0.3) is 0 Å². The molecule has 2 aliphatic heterocycles. The van der Waals surface area contributed by atoms with E-state index in [1.807, 2.05) is 0 Å². The first-order valence-electron chi connectivity index (χ1n) is 9.62. The highest BCUT2D eigenvalue weighted by Gasteiger charge is 2.30. The number of Topliss-reactive ketones (excluding diaryl/α,β-unsaturated/α-hetero) is 1. The number of ether oxygens (including phenoxy) is 2. The number of carbonyl (C=O) groups is 3. The summed E-state index contributed by atoms with van der Waals surface area (Å²) in [5, 5.41) is 3.34. The molecule has 0 bridgehead atoms. The van der Waals surface area contributed by atoms with Gasteiger partial charge in [-0.25, -0.2) is 4.79 Å². The largest absolute Gasteiger partial charge is 0.482 e. The zero-order valence-corrected chi connectivity index (χ0v) is 18.6. The van der Waals surface area contributed by atoms with Crippen molar-refractivity contribution in [1.82, 2.24) is 15.1 Å². The molecule has 0 unspecified atom stereocenters. The minimum Gasteiger partial charge on any atom is -0.482 e. The summed E-state index contributed by atoms with van der Waals surface area (Å²) in [4.78, 5) is 40.0. The molecule has 8 nitrogen and oxygen atoms in total. The van der Waals surface area contributed by atoms with Crippen molar-refractivity contribution in [1.29, 1.82) is 0 Å². The van der Waals surface area contributed by atoms with E-state index in [0.29, 0.717) is 30.4 Å². The van der Waals surface area contributed by atoms with Gasteiger partial charge >= 0.3 is 5.97 Å². The monoisotopic (exact) mass is 461 g/mol. The molecule has 0 aromatic heterocycles. The molecule has 10 heteroatoms. The molecule has 2 aliphatic rings. The van der Waals surface area contributed by atoms with Gasteiger partial charge in [-0.05, 0) is 50.2 Å². The number of hydrogen-bond donors (Lipinski definition) is 1. The third-order valence-electron chi connectivity index (χ3n) is 5.27. The Labute approximate surface area is 189 Å². The average Bonchev–Trinajstić information content (AvgIpc) is 2.74. The Morgan fingerprint density at radius 1 is 1.10 bits per heavy atom. The number of ketones is 1. The molecule has 1 aromatic carbocycles. The summed E-state index contributed by atoms with van der Waals surface area (Å²) in [6.45, 7) is 3.67. The van der Waals surface area contributed by atoms with Gasteiger partial charge in [0.1, 0.15) is 5.75 Å². The van der Waals surface area contributed by atoms with E-state index in [9.17, 15) is 14.4 Å². The first kappa shape index (κ1) is 26.2. The number of methoxy groups -OCH3 is 1. The standard InChI is InChI=1S/C20H27N3O5.2ClH/c1-27-20(26)14-28-17-4-2-15(3-5-17)18(24)12-23-11-10-22(13-19(23)25)16-6-8-21-9-7-16;;/h2-5,16,21H,6-14H2,1H3;2*1H. The van der Waals surface area contributed by atoms with E-state index in [1.54, 1.807) is 29.2 Å². The third-order valence-corrected chi connectivity index (χ3v) is 5.27. The van der Waals surface area contributed by atoms with Crippen LogP contribution < -0.4 is 10.1 Å². The van der Waals surface area contributed by atoms with Gasteiger partial charge in [-0.1, -0.05) is 0 Å². The summed E-state index contributed by atoms with van der Waals surface area (Å²) >= 11 is 0. The summed E-state index contributed by atoms with van der Waals surface area (Å²) in [5.74, 6) is -0.0877. The Hall–Kier alpha value is -1.87. The minimum absolute atomic E-state index is 0. The van der Waals surface area contributed by atoms with Crippen molar-refractivity contribution in [2.24, 2.45) is 0 Å². The molecule has 2 saturated heterocycles. The summed E-state index contributed by atoms with van der Waals surface area (Å²) in [6.07, 6.45) is 2.13. The van der Waals surface area contributed by atoms with Crippen molar-refractivity contribution in [3.8, 4) is 5.75 Å². The molecule has 0 radical (unpaired) electrons. The fourth-order valence-electron chi connectivity index (χ4n) is 3.58. The predicted octanol–water partition coefficient (Wildman–Crippen LogP) is 1.16. The molecule has 1 N–H and O–H groups in total. The van der Waals surface area contributed by atoms with Crippen LogP contribution in [0.5, 0.6) is 5.75 Å². The van der Waals surface area contributed by atoms with Crippen LogP contribution in [0, 0.1) is 0 Å². The van der Waals surface area contributed by atoms with Gasteiger partial charge in [-0.2, -0.15) is 0 Å². The van der Waals surface area contributed by atoms with Crippen molar-refractivity contribution in [2.75, 3.05) is 53.0 Å². The molecule has 2 heterocycles. The zero-order chi connectivity index (χ0) is 19.9. The molecular weight excluding hydrogens is 433 g/mol. The molecule has 0 aliphatic carbocycles. The Balaban J connectivity index is 0.00000225. The SMILES string of the molecule is COC(=O)COc1ccc(C(=O)CN2CCN(C3CCNCC3)CC2=O)cc1.Cl.Cl. The number of nitrogens with one attached hydrogen (secondary N) is 1. The van der Waals surface area contributed by atoms with Gasteiger partial charge in [-0.3, -0.25) is 14.5 Å². The number of esters is 1. The fourth-order valence-corrected chi connectivity index (χ4v) is 3.58. The predicted molar refractivity (Wildman–Crippen MR) is 117 cm³/mol. The average molecular weight is 462 g/mol. The molecule has 0 atom stereocenters. The van der Waals surface area contributed by atoms with E-state index in [1.165, 1.54) is 7.11 Å². The molecule has 0 spiro atoms. The third kappa shape index (κ3) is 7.12. The molecule has 0 saturated carbocycles. The number of piperazine rings is 1. The number of rotatable bonds is 7. The van der Waals surface area contributed by atoms with E-state index < -0.39 is 5.97 Å². The van der Waals surface area contributed by atoms with Crippen LogP contribution in [0.1, 0.15) is 23.2 Å². The van der Waals surface area contributed by atoms with E-state index in [2.05, 4.69) is 15.0 Å². The van der Waals surface area contributed by atoms with E-state index in [0.717, 1.165) is 32.5 Å². The molecule has 3 rings (SSSR count). The maximum absolute atomic E-state index is 12.5. The topological polar surface area (TPSA) is 88.2 Å². The van der Waals surface area contributed by atoms with Gasteiger partial charge in [0.2, 0.25) is 5.91 Å². The molecule has 1 amide bonds. The number of benzene rings is 1. The van der Waals surface area contributed by atoms with Crippen LogP contribution in [0.3, 0.4) is 0 Å². The van der Waals surface area contributed by atoms with Crippen LogP contribution in [0.15, 0.2) is 24.3 Å². The van der Waals surface area contributed by atoms with E-state index in [4.69, 9.17) is 4.74 Å². The Bertz CT molecular complexity index is 711. The second kappa shape index (κ2) is 12.7. The Morgan fingerprint density at radius 3 is 2.37 bits per heavy atom. The first-order valence-corrected chi connectivity index (χ1v) is 9.62. The van der Waals surface area contributed by atoms with Gasteiger partial charge in [0.05, 0.1) is 20.2 Å². The highest BCUT2D eigenvalue weighted by atomic mass is 35.5. The number of piperidine rings is 1. The lowest BCUT2D eigenvalue weighted by Gasteiger charge is -2.40. The number of halogens is 2.